The molecule has 0 spiro atoms. The van der Waals surface area contributed by atoms with E-state index < -0.39 is 0 Å². The molecule has 0 fully saturated rings. The molecule has 0 amide bonds. The molecule has 1 aromatic rings. The van der Waals surface area contributed by atoms with Gasteiger partial charge in [0.25, 0.3) is 0 Å². The molecule has 0 bridgehead atoms. The maximum absolute atomic E-state index is 5.92. The van der Waals surface area contributed by atoms with Gasteiger partial charge in [-0.15, -0.1) is 0 Å². The zero-order valence-corrected chi connectivity index (χ0v) is 8.03. The topological polar surface area (TPSA) is 26.0 Å². The third-order valence-corrected chi connectivity index (χ3v) is 2.37. The summed E-state index contributed by atoms with van der Waals surface area (Å²) >= 11 is 0. The van der Waals surface area contributed by atoms with Crippen LogP contribution in [-0.4, -0.2) is 0 Å². The number of hydrogen-bond acceptors (Lipinski definition) is 1. The first kappa shape index (κ1) is 8.82. The molecule has 1 aromatic carbocycles. The third kappa shape index (κ3) is 1.62. The average Bonchev–Trinajstić information content (AvgIpc) is 2.23. The summed E-state index contributed by atoms with van der Waals surface area (Å²) in [5.41, 5.74) is 10.3. The summed E-state index contributed by atoms with van der Waals surface area (Å²) in [6, 6.07) is 10.2. The van der Waals surface area contributed by atoms with Crippen molar-refractivity contribution in [3.8, 4) is 0 Å². The Balaban J connectivity index is 2.44. The maximum atomic E-state index is 5.92. The van der Waals surface area contributed by atoms with Crippen LogP contribution in [0.5, 0.6) is 0 Å². The second kappa shape index (κ2) is 3.54. The molecule has 0 aromatic heterocycles. The van der Waals surface area contributed by atoms with Crippen molar-refractivity contribution in [3.63, 3.8) is 0 Å². The van der Waals surface area contributed by atoms with Gasteiger partial charge in [-0.05, 0) is 23.6 Å². The van der Waals surface area contributed by atoms with Crippen molar-refractivity contribution in [1.29, 1.82) is 0 Å². The van der Waals surface area contributed by atoms with Crippen LogP contribution in [0.25, 0.3) is 5.57 Å². The highest BCUT2D eigenvalue weighted by Crippen LogP contribution is 2.27. The van der Waals surface area contributed by atoms with E-state index in [1.165, 1.54) is 11.1 Å². The molecule has 0 saturated carbocycles. The van der Waals surface area contributed by atoms with Crippen molar-refractivity contribution in [2.24, 2.45) is 5.73 Å². The predicted molar refractivity (Wildman–Crippen MR) is 60.4 cm³/mol. The molecular weight excluding hydrogens is 170 g/mol. The highest BCUT2D eigenvalue weighted by atomic mass is 14.6. The molecule has 0 saturated heterocycles. The van der Waals surface area contributed by atoms with Crippen LogP contribution >= 0.6 is 0 Å². The molecule has 1 heteroatoms. The van der Waals surface area contributed by atoms with Crippen molar-refractivity contribution in [2.45, 2.75) is 6.42 Å². The molecule has 2 rings (SSSR count). The summed E-state index contributed by atoms with van der Waals surface area (Å²) in [6.45, 7) is 3.95. The number of benzene rings is 1. The predicted octanol–water partition coefficient (Wildman–Crippen LogP) is 2.87. The Bertz CT molecular complexity index is 410. The normalized spacial score (nSPS) is 16.1. The van der Waals surface area contributed by atoms with Crippen molar-refractivity contribution in [1.82, 2.24) is 0 Å². The van der Waals surface area contributed by atoms with E-state index in [4.69, 9.17) is 5.73 Å². The van der Waals surface area contributed by atoms with Crippen molar-refractivity contribution >= 4 is 5.57 Å². The summed E-state index contributed by atoms with van der Waals surface area (Å²) in [4.78, 5) is 0. The summed E-state index contributed by atoms with van der Waals surface area (Å²) in [5.74, 6) is 0. The highest BCUT2D eigenvalue weighted by Gasteiger charge is 2.09. The Labute approximate surface area is 84.3 Å². The van der Waals surface area contributed by atoms with E-state index in [0.717, 1.165) is 17.7 Å². The Morgan fingerprint density at radius 2 is 1.79 bits per heavy atom. The Morgan fingerprint density at radius 3 is 2.50 bits per heavy atom. The number of allylic oxidation sites excluding steroid dienone is 4. The molecule has 70 valence electrons. The van der Waals surface area contributed by atoms with E-state index in [-0.39, 0.29) is 0 Å². The van der Waals surface area contributed by atoms with E-state index in [1.807, 2.05) is 30.4 Å². The van der Waals surface area contributed by atoms with Gasteiger partial charge in [0.15, 0.2) is 0 Å². The van der Waals surface area contributed by atoms with Gasteiger partial charge < -0.3 is 5.73 Å². The lowest BCUT2D eigenvalue weighted by molar-refractivity contribution is 1.22. The van der Waals surface area contributed by atoms with Crippen molar-refractivity contribution < 1.29 is 0 Å². The fraction of sp³-hybridized carbons (Fsp3) is 0.0769. The van der Waals surface area contributed by atoms with Gasteiger partial charge in [-0.2, -0.15) is 0 Å². The van der Waals surface area contributed by atoms with Crippen LogP contribution < -0.4 is 5.73 Å². The first-order valence-electron chi connectivity index (χ1n) is 4.67. The van der Waals surface area contributed by atoms with Crippen LogP contribution in [0.1, 0.15) is 12.0 Å². The fourth-order valence-electron chi connectivity index (χ4n) is 1.60. The van der Waals surface area contributed by atoms with E-state index in [0.29, 0.717) is 0 Å². The minimum Gasteiger partial charge on any atom is -0.398 e. The monoisotopic (exact) mass is 183 g/mol. The lowest BCUT2D eigenvalue weighted by Crippen LogP contribution is -2.03. The van der Waals surface area contributed by atoms with Crippen LogP contribution in [0.15, 0.2) is 60.3 Å². The fourth-order valence-corrected chi connectivity index (χ4v) is 1.60. The van der Waals surface area contributed by atoms with Gasteiger partial charge in [0.1, 0.15) is 0 Å². The minimum atomic E-state index is 0.851. The smallest absolute Gasteiger partial charge is 0.0356 e. The molecule has 1 aliphatic carbocycles. The zero-order chi connectivity index (χ0) is 9.97. The quantitative estimate of drug-likeness (QED) is 0.711. The Kier molecular flexibility index (Phi) is 2.23. The second-order valence-corrected chi connectivity index (χ2v) is 3.47. The molecule has 0 atom stereocenters. The zero-order valence-electron chi connectivity index (χ0n) is 8.03. The van der Waals surface area contributed by atoms with E-state index in [2.05, 4.69) is 18.7 Å². The van der Waals surface area contributed by atoms with Gasteiger partial charge >= 0.3 is 0 Å². The molecule has 0 unspecified atom stereocenters. The third-order valence-electron chi connectivity index (χ3n) is 2.37. The van der Waals surface area contributed by atoms with Crippen LogP contribution in [0.4, 0.5) is 0 Å². The largest absolute Gasteiger partial charge is 0.398 e. The lowest BCUT2D eigenvalue weighted by atomic mass is 9.93. The van der Waals surface area contributed by atoms with Crippen LogP contribution in [-0.2, 0) is 0 Å². The first-order chi connectivity index (χ1) is 6.77. The van der Waals surface area contributed by atoms with Gasteiger partial charge in [-0.25, -0.2) is 0 Å². The van der Waals surface area contributed by atoms with E-state index in [1.54, 1.807) is 0 Å². The number of hydrogen-bond donors (Lipinski definition) is 1. The SMILES string of the molecule is C=C1C=CC(N)=C(c2ccccc2)C1. The van der Waals surface area contributed by atoms with E-state index in [9.17, 15) is 0 Å². The number of rotatable bonds is 1. The summed E-state index contributed by atoms with van der Waals surface area (Å²) in [7, 11) is 0. The van der Waals surface area contributed by atoms with Gasteiger partial charge in [0, 0.05) is 5.70 Å². The summed E-state index contributed by atoms with van der Waals surface area (Å²) in [5, 5.41) is 0. The standard InChI is InChI=1S/C13H13N/c1-10-7-8-13(14)12(9-10)11-5-3-2-4-6-11/h2-8H,1,9,14H2. The second-order valence-electron chi connectivity index (χ2n) is 3.47. The average molecular weight is 183 g/mol. The number of nitrogens with two attached hydrogens (primary N) is 1. The van der Waals surface area contributed by atoms with Crippen LogP contribution in [0, 0.1) is 0 Å². The first-order valence-corrected chi connectivity index (χ1v) is 4.67. The van der Waals surface area contributed by atoms with Gasteiger partial charge in [0.2, 0.25) is 0 Å². The molecule has 0 heterocycles. The lowest BCUT2D eigenvalue weighted by Gasteiger charge is -2.14. The minimum absolute atomic E-state index is 0.851. The molecule has 0 aliphatic heterocycles. The molecule has 14 heavy (non-hydrogen) atoms. The highest BCUT2D eigenvalue weighted by molar-refractivity contribution is 5.74. The maximum Gasteiger partial charge on any atom is 0.0356 e. The Morgan fingerprint density at radius 1 is 1.07 bits per heavy atom. The van der Waals surface area contributed by atoms with Gasteiger partial charge in [0.05, 0.1) is 0 Å². The summed E-state index contributed by atoms with van der Waals surface area (Å²) < 4.78 is 0. The van der Waals surface area contributed by atoms with Crippen molar-refractivity contribution in [3.05, 3.63) is 65.9 Å². The molecule has 2 N–H and O–H groups in total. The molecule has 0 radical (unpaired) electrons. The summed E-state index contributed by atoms with van der Waals surface area (Å²) in [6.07, 6.45) is 4.75. The van der Waals surface area contributed by atoms with Gasteiger partial charge in [-0.1, -0.05) is 48.6 Å². The molecule has 1 nitrogen and oxygen atoms in total. The van der Waals surface area contributed by atoms with Crippen LogP contribution in [0.2, 0.25) is 0 Å². The molecular formula is C13H13N. The molecule has 1 aliphatic rings. The van der Waals surface area contributed by atoms with Crippen molar-refractivity contribution in [2.75, 3.05) is 0 Å². The Hall–Kier alpha value is -1.76. The van der Waals surface area contributed by atoms with Crippen LogP contribution in [0.3, 0.4) is 0 Å². The van der Waals surface area contributed by atoms with E-state index >= 15 is 0 Å². The van der Waals surface area contributed by atoms with Gasteiger partial charge in [-0.3, -0.25) is 0 Å².